The molecule has 3 N–H and O–H groups in total. The van der Waals surface area contributed by atoms with Crippen molar-refractivity contribution >= 4 is 11.5 Å². The van der Waals surface area contributed by atoms with E-state index in [4.69, 9.17) is 11.1 Å². The molecule has 1 heterocycles. The lowest BCUT2D eigenvalue weighted by Crippen LogP contribution is -2.47. The Morgan fingerprint density at radius 2 is 1.95 bits per heavy atom. The van der Waals surface area contributed by atoms with Gasteiger partial charge in [-0.05, 0) is 50.2 Å². The van der Waals surface area contributed by atoms with Crippen LogP contribution >= 0.6 is 0 Å². The smallest absolute Gasteiger partial charge is 0.124 e. The number of para-hydroxylation sites is 1. The Labute approximate surface area is 121 Å². The molecule has 20 heavy (non-hydrogen) atoms. The van der Waals surface area contributed by atoms with Crippen LogP contribution in [0.5, 0.6) is 0 Å². The highest BCUT2D eigenvalue weighted by molar-refractivity contribution is 6.01. The van der Waals surface area contributed by atoms with Crippen LogP contribution in [0.2, 0.25) is 0 Å². The Bertz CT molecular complexity index is 507. The maximum atomic E-state index is 7.87. The summed E-state index contributed by atoms with van der Waals surface area (Å²) < 4.78 is 0. The highest BCUT2D eigenvalue weighted by Gasteiger charge is 2.34. The van der Waals surface area contributed by atoms with Crippen LogP contribution in [0.1, 0.15) is 49.7 Å². The van der Waals surface area contributed by atoms with Crippen molar-refractivity contribution in [1.29, 1.82) is 5.41 Å². The summed E-state index contributed by atoms with van der Waals surface area (Å²) >= 11 is 0. The van der Waals surface area contributed by atoms with Gasteiger partial charge in [0.05, 0.1) is 5.69 Å². The molecule has 3 rings (SSSR count). The molecule has 2 aliphatic rings. The summed E-state index contributed by atoms with van der Waals surface area (Å²) in [5.74, 6) is 1.04. The average molecular weight is 271 g/mol. The number of rotatable bonds is 2. The minimum Gasteiger partial charge on any atom is -0.384 e. The van der Waals surface area contributed by atoms with Crippen molar-refractivity contribution < 1.29 is 0 Å². The van der Waals surface area contributed by atoms with Gasteiger partial charge < -0.3 is 10.6 Å². The van der Waals surface area contributed by atoms with Crippen LogP contribution in [0.25, 0.3) is 0 Å². The predicted octanol–water partition coefficient (Wildman–Crippen LogP) is 3.44. The fourth-order valence-corrected chi connectivity index (χ4v) is 4.16. The van der Waals surface area contributed by atoms with Crippen LogP contribution in [-0.4, -0.2) is 18.4 Å². The number of piperidine rings is 1. The molecule has 1 aliphatic carbocycles. The van der Waals surface area contributed by atoms with Gasteiger partial charge in [-0.15, -0.1) is 0 Å². The molecular weight excluding hydrogens is 246 g/mol. The number of nitrogens with zero attached hydrogens (tertiary/aromatic N) is 1. The fourth-order valence-electron chi connectivity index (χ4n) is 4.16. The van der Waals surface area contributed by atoms with Gasteiger partial charge >= 0.3 is 0 Å². The summed E-state index contributed by atoms with van der Waals surface area (Å²) in [6, 6.07) is 6.82. The van der Waals surface area contributed by atoms with Gasteiger partial charge in [0.1, 0.15) is 5.84 Å². The lowest BCUT2D eigenvalue weighted by atomic mass is 9.78. The number of nitrogen functional groups attached to an aromatic ring is 1. The number of aryl methyl sites for hydroxylation is 1. The van der Waals surface area contributed by atoms with E-state index in [-0.39, 0.29) is 5.84 Å². The van der Waals surface area contributed by atoms with Gasteiger partial charge in [0, 0.05) is 18.2 Å². The molecule has 3 heteroatoms. The van der Waals surface area contributed by atoms with Gasteiger partial charge in [-0.25, -0.2) is 0 Å². The summed E-state index contributed by atoms with van der Waals surface area (Å²) in [6.45, 7) is 3.26. The van der Waals surface area contributed by atoms with E-state index in [1.54, 1.807) is 0 Å². The van der Waals surface area contributed by atoms with Crippen molar-refractivity contribution in [2.24, 2.45) is 11.7 Å². The number of anilines is 1. The number of fused-ring (bicyclic) bond motifs is 1. The molecule has 0 aromatic heterocycles. The molecule has 0 radical (unpaired) electrons. The number of benzene rings is 1. The second kappa shape index (κ2) is 5.47. The molecule has 0 spiro atoms. The molecule has 0 unspecified atom stereocenters. The Morgan fingerprint density at radius 1 is 1.20 bits per heavy atom. The molecule has 2 atom stereocenters. The third-order valence-corrected chi connectivity index (χ3v) is 5.06. The normalized spacial score (nSPS) is 26.1. The van der Waals surface area contributed by atoms with Crippen LogP contribution in [0.3, 0.4) is 0 Å². The highest BCUT2D eigenvalue weighted by Crippen LogP contribution is 2.39. The van der Waals surface area contributed by atoms with E-state index < -0.39 is 0 Å². The zero-order valence-electron chi connectivity index (χ0n) is 12.4. The average Bonchev–Trinajstić information content (AvgIpc) is 2.46. The van der Waals surface area contributed by atoms with Crippen LogP contribution < -0.4 is 10.6 Å². The zero-order valence-corrected chi connectivity index (χ0v) is 12.4. The number of hydrogen-bond acceptors (Lipinski definition) is 2. The van der Waals surface area contributed by atoms with Gasteiger partial charge in [-0.3, -0.25) is 5.41 Å². The van der Waals surface area contributed by atoms with Gasteiger partial charge in [0.15, 0.2) is 0 Å². The van der Waals surface area contributed by atoms with Gasteiger partial charge in [0.2, 0.25) is 0 Å². The molecule has 1 aromatic rings. The monoisotopic (exact) mass is 271 g/mol. The van der Waals surface area contributed by atoms with Crippen molar-refractivity contribution in [3.63, 3.8) is 0 Å². The molecule has 1 saturated carbocycles. The van der Waals surface area contributed by atoms with E-state index in [1.807, 2.05) is 12.1 Å². The third kappa shape index (κ3) is 2.30. The topological polar surface area (TPSA) is 53.1 Å². The first-order valence-corrected chi connectivity index (χ1v) is 7.89. The van der Waals surface area contributed by atoms with Gasteiger partial charge in [0.25, 0.3) is 0 Å². The van der Waals surface area contributed by atoms with Crippen LogP contribution in [0, 0.1) is 18.3 Å². The van der Waals surface area contributed by atoms with Gasteiger partial charge in [-0.1, -0.05) is 25.0 Å². The molecular formula is C17H25N3. The first kappa shape index (κ1) is 13.5. The SMILES string of the molecule is Cc1cccc(C(=N)N)c1N1CCC[C@H]2CCCC[C@H]21. The Morgan fingerprint density at radius 3 is 2.75 bits per heavy atom. The quantitative estimate of drug-likeness (QED) is 0.639. The first-order chi connectivity index (χ1) is 9.68. The molecule has 0 amide bonds. The second-order valence-electron chi connectivity index (χ2n) is 6.33. The van der Waals surface area contributed by atoms with E-state index in [9.17, 15) is 0 Å². The molecule has 1 saturated heterocycles. The summed E-state index contributed by atoms with van der Waals surface area (Å²) in [6.07, 6.45) is 8.06. The van der Waals surface area contributed by atoms with E-state index in [0.29, 0.717) is 6.04 Å². The Kier molecular flexibility index (Phi) is 3.68. The number of nitrogens with one attached hydrogen (secondary N) is 1. The standard InChI is InChI=1S/C17H25N3/c1-12-6-4-9-14(17(18)19)16(12)20-11-5-8-13-7-2-3-10-15(13)20/h4,6,9,13,15H,2-3,5,7-8,10-11H2,1H3,(H3,18,19)/t13-,15-/m1/s1. The number of amidine groups is 1. The predicted molar refractivity (Wildman–Crippen MR) is 84.5 cm³/mol. The van der Waals surface area contributed by atoms with E-state index in [1.165, 1.54) is 49.8 Å². The largest absolute Gasteiger partial charge is 0.384 e. The lowest BCUT2D eigenvalue weighted by Gasteiger charge is -2.46. The zero-order chi connectivity index (χ0) is 14.1. The van der Waals surface area contributed by atoms with Crippen molar-refractivity contribution in [3.05, 3.63) is 29.3 Å². The molecule has 1 aliphatic heterocycles. The third-order valence-electron chi connectivity index (χ3n) is 5.06. The Balaban J connectivity index is 2.00. The first-order valence-electron chi connectivity index (χ1n) is 7.89. The maximum Gasteiger partial charge on any atom is 0.124 e. The van der Waals surface area contributed by atoms with E-state index in [2.05, 4.69) is 17.9 Å². The van der Waals surface area contributed by atoms with Crippen molar-refractivity contribution in [2.45, 2.75) is 51.5 Å². The van der Waals surface area contributed by atoms with Crippen LogP contribution in [0.15, 0.2) is 18.2 Å². The Hall–Kier alpha value is -1.51. The highest BCUT2D eigenvalue weighted by atomic mass is 15.2. The number of nitrogens with two attached hydrogens (primary N) is 1. The molecule has 1 aromatic carbocycles. The maximum absolute atomic E-state index is 7.87. The summed E-state index contributed by atoms with van der Waals surface area (Å²) in [5.41, 5.74) is 9.20. The van der Waals surface area contributed by atoms with Crippen molar-refractivity contribution in [1.82, 2.24) is 0 Å². The lowest BCUT2D eigenvalue weighted by molar-refractivity contribution is 0.243. The molecule has 3 nitrogen and oxygen atoms in total. The number of hydrogen-bond donors (Lipinski definition) is 2. The van der Waals surface area contributed by atoms with Crippen LogP contribution in [0.4, 0.5) is 5.69 Å². The van der Waals surface area contributed by atoms with Crippen molar-refractivity contribution in [2.75, 3.05) is 11.4 Å². The summed E-state index contributed by atoms with van der Waals surface area (Å²) in [7, 11) is 0. The molecule has 108 valence electrons. The van der Waals surface area contributed by atoms with Gasteiger partial charge in [-0.2, -0.15) is 0 Å². The minimum atomic E-state index is 0.196. The second-order valence-corrected chi connectivity index (χ2v) is 6.33. The fraction of sp³-hybridized carbons (Fsp3) is 0.588. The van der Waals surface area contributed by atoms with Crippen LogP contribution in [-0.2, 0) is 0 Å². The molecule has 0 bridgehead atoms. The van der Waals surface area contributed by atoms with E-state index >= 15 is 0 Å². The molecule has 2 fully saturated rings. The van der Waals surface area contributed by atoms with Crippen molar-refractivity contribution in [3.8, 4) is 0 Å². The summed E-state index contributed by atoms with van der Waals surface area (Å²) in [5, 5.41) is 7.87. The van der Waals surface area contributed by atoms with E-state index in [0.717, 1.165) is 18.0 Å². The minimum absolute atomic E-state index is 0.196. The summed E-state index contributed by atoms with van der Waals surface area (Å²) in [4.78, 5) is 2.57.